The minimum atomic E-state index is -0.959. The standard InChI is InChI=1S/C7H11BrO4/c1-2-12-6(9)4-3-5(8)7(10)11/h5H,2-4H2,1H3,(H,10,11). The Hall–Kier alpha value is -0.580. The van der Waals surface area contributed by atoms with Crippen LogP contribution in [0, 0.1) is 0 Å². The highest BCUT2D eigenvalue weighted by atomic mass is 79.9. The lowest BCUT2D eigenvalue weighted by molar-refractivity contribution is -0.143. The number of ether oxygens (including phenoxy) is 1. The van der Waals surface area contributed by atoms with Gasteiger partial charge in [-0.15, -0.1) is 0 Å². The second-order valence-corrected chi connectivity index (χ2v) is 3.25. The highest BCUT2D eigenvalue weighted by Crippen LogP contribution is 2.08. The van der Waals surface area contributed by atoms with Crippen molar-refractivity contribution in [3.8, 4) is 0 Å². The van der Waals surface area contributed by atoms with E-state index in [0.717, 1.165) is 0 Å². The van der Waals surface area contributed by atoms with Crippen LogP contribution in [-0.2, 0) is 14.3 Å². The molecule has 0 spiro atoms. The summed E-state index contributed by atoms with van der Waals surface area (Å²) in [6.45, 7) is 2.04. The lowest BCUT2D eigenvalue weighted by Gasteiger charge is -2.03. The molecule has 0 aromatic heterocycles. The molecule has 0 fully saturated rings. The zero-order valence-electron chi connectivity index (χ0n) is 6.75. The van der Waals surface area contributed by atoms with Gasteiger partial charge in [0.15, 0.2) is 0 Å². The Morgan fingerprint density at radius 3 is 2.58 bits per heavy atom. The Kier molecular flexibility index (Phi) is 5.70. The van der Waals surface area contributed by atoms with Crippen LogP contribution >= 0.6 is 15.9 Å². The summed E-state index contributed by atoms with van der Waals surface area (Å²) in [5.41, 5.74) is 0. The molecule has 0 heterocycles. The molecule has 12 heavy (non-hydrogen) atoms. The van der Waals surface area contributed by atoms with Crippen LogP contribution in [0.4, 0.5) is 0 Å². The summed E-state index contributed by atoms with van der Waals surface area (Å²) in [7, 11) is 0. The minimum absolute atomic E-state index is 0.135. The lowest BCUT2D eigenvalue weighted by Crippen LogP contribution is -2.15. The molecular formula is C7H11BrO4. The molecule has 0 aromatic carbocycles. The van der Waals surface area contributed by atoms with Gasteiger partial charge in [-0.1, -0.05) is 15.9 Å². The topological polar surface area (TPSA) is 63.6 Å². The van der Waals surface area contributed by atoms with Gasteiger partial charge in [-0.25, -0.2) is 0 Å². The van der Waals surface area contributed by atoms with Crippen LogP contribution in [0.2, 0.25) is 0 Å². The van der Waals surface area contributed by atoms with Gasteiger partial charge in [-0.2, -0.15) is 0 Å². The van der Waals surface area contributed by atoms with Crippen LogP contribution in [-0.4, -0.2) is 28.5 Å². The Morgan fingerprint density at radius 1 is 1.58 bits per heavy atom. The molecule has 4 nitrogen and oxygen atoms in total. The molecule has 0 amide bonds. The molecule has 70 valence electrons. The summed E-state index contributed by atoms with van der Waals surface area (Å²) >= 11 is 2.91. The zero-order chi connectivity index (χ0) is 9.56. The van der Waals surface area contributed by atoms with Crippen molar-refractivity contribution in [3.05, 3.63) is 0 Å². The van der Waals surface area contributed by atoms with Crippen LogP contribution < -0.4 is 0 Å². The number of aliphatic carboxylic acids is 1. The first kappa shape index (κ1) is 11.4. The third-order valence-corrected chi connectivity index (χ3v) is 2.02. The minimum Gasteiger partial charge on any atom is -0.480 e. The van der Waals surface area contributed by atoms with Crippen LogP contribution in [0.15, 0.2) is 0 Å². The van der Waals surface area contributed by atoms with Gasteiger partial charge in [0, 0.05) is 6.42 Å². The predicted octanol–water partition coefficient (Wildman–Crippen LogP) is 1.18. The molecule has 0 saturated heterocycles. The van der Waals surface area contributed by atoms with Gasteiger partial charge in [0.25, 0.3) is 0 Å². The van der Waals surface area contributed by atoms with E-state index in [2.05, 4.69) is 20.7 Å². The van der Waals surface area contributed by atoms with Crippen molar-refractivity contribution in [2.45, 2.75) is 24.6 Å². The van der Waals surface area contributed by atoms with Gasteiger partial charge in [-0.3, -0.25) is 9.59 Å². The summed E-state index contributed by atoms with van der Waals surface area (Å²) in [6.07, 6.45) is 0.393. The average Bonchev–Trinajstić information content (AvgIpc) is 2.00. The number of carboxylic acid groups (broad SMARTS) is 1. The van der Waals surface area contributed by atoms with E-state index in [1.165, 1.54) is 0 Å². The normalized spacial score (nSPS) is 12.2. The second-order valence-electron chi connectivity index (χ2n) is 2.15. The van der Waals surface area contributed by atoms with Crippen molar-refractivity contribution in [3.63, 3.8) is 0 Å². The summed E-state index contributed by atoms with van der Waals surface area (Å²) in [5, 5.41) is 8.43. The van der Waals surface area contributed by atoms with Gasteiger partial charge in [-0.05, 0) is 13.3 Å². The molecule has 0 bridgehead atoms. The monoisotopic (exact) mass is 238 g/mol. The van der Waals surface area contributed by atoms with E-state index in [1.807, 2.05) is 0 Å². The third kappa shape index (κ3) is 5.12. The maximum Gasteiger partial charge on any atom is 0.317 e. The fourth-order valence-corrected chi connectivity index (χ4v) is 0.830. The lowest BCUT2D eigenvalue weighted by atomic mass is 10.2. The van der Waals surface area contributed by atoms with Crippen molar-refractivity contribution in [2.75, 3.05) is 6.61 Å². The Bertz CT molecular complexity index is 169. The first-order valence-electron chi connectivity index (χ1n) is 3.60. The molecule has 0 radical (unpaired) electrons. The van der Waals surface area contributed by atoms with Crippen molar-refractivity contribution in [2.24, 2.45) is 0 Å². The zero-order valence-corrected chi connectivity index (χ0v) is 8.33. The quantitative estimate of drug-likeness (QED) is 0.577. The largest absolute Gasteiger partial charge is 0.480 e. The van der Waals surface area contributed by atoms with Gasteiger partial charge < -0.3 is 9.84 Å². The van der Waals surface area contributed by atoms with Crippen LogP contribution in [0.25, 0.3) is 0 Å². The molecule has 0 rings (SSSR count). The maximum absolute atomic E-state index is 10.7. The summed E-state index contributed by atoms with van der Waals surface area (Å²) < 4.78 is 4.62. The Morgan fingerprint density at radius 2 is 2.17 bits per heavy atom. The molecule has 0 aliphatic rings. The molecule has 1 N–H and O–H groups in total. The fraction of sp³-hybridized carbons (Fsp3) is 0.714. The van der Waals surface area contributed by atoms with E-state index >= 15 is 0 Å². The van der Waals surface area contributed by atoms with E-state index in [-0.39, 0.29) is 18.8 Å². The predicted molar refractivity (Wildman–Crippen MR) is 46.2 cm³/mol. The van der Waals surface area contributed by atoms with Crippen LogP contribution in [0.1, 0.15) is 19.8 Å². The number of esters is 1. The molecule has 1 unspecified atom stereocenters. The van der Waals surface area contributed by atoms with Gasteiger partial charge in [0.05, 0.1) is 6.61 Å². The van der Waals surface area contributed by atoms with Crippen molar-refractivity contribution >= 4 is 27.9 Å². The molecule has 0 aliphatic carbocycles. The van der Waals surface area contributed by atoms with Crippen molar-refractivity contribution in [1.82, 2.24) is 0 Å². The number of rotatable bonds is 5. The number of halogens is 1. The first-order chi connectivity index (χ1) is 5.57. The first-order valence-corrected chi connectivity index (χ1v) is 4.52. The molecule has 1 atom stereocenters. The summed E-state index contributed by atoms with van der Waals surface area (Å²) in [4.78, 5) is 20.3. The number of alkyl halides is 1. The van der Waals surface area contributed by atoms with Crippen molar-refractivity contribution in [1.29, 1.82) is 0 Å². The van der Waals surface area contributed by atoms with E-state index in [1.54, 1.807) is 6.92 Å². The van der Waals surface area contributed by atoms with E-state index in [9.17, 15) is 9.59 Å². The number of hydrogen-bond acceptors (Lipinski definition) is 3. The number of carbonyl (C=O) groups excluding carboxylic acids is 1. The van der Waals surface area contributed by atoms with Crippen molar-refractivity contribution < 1.29 is 19.4 Å². The third-order valence-electron chi connectivity index (χ3n) is 1.18. The molecule has 0 aliphatic heterocycles. The SMILES string of the molecule is CCOC(=O)CCC(Br)C(=O)O. The van der Waals surface area contributed by atoms with Gasteiger partial charge >= 0.3 is 11.9 Å². The molecule has 5 heteroatoms. The second kappa shape index (κ2) is 5.99. The molecule has 0 aromatic rings. The number of hydrogen-bond donors (Lipinski definition) is 1. The highest BCUT2D eigenvalue weighted by molar-refractivity contribution is 9.10. The number of carboxylic acids is 1. The smallest absolute Gasteiger partial charge is 0.317 e. The molecular weight excluding hydrogens is 228 g/mol. The molecule has 0 saturated carbocycles. The maximum atomic E-state index is 10.7. The van der Waals surface area contributed by atoms with Gasteiger partial charge in [0.1, 0.15) is 4.83 Å². The highest BCUT2D eigenvalue weighted by Gasteiger charge is 2.14. The number of carbonyl (C=O) groups is 2. The Balaban J connectivity index is 3.54. The fourth-order valence-electron chi connectivity index (χ4n) is 0.601. The van der Waals surface area contributed by atoms with Crippen LogP contribution in [0.3, 0.4) is 0 Å². The van der Waals surface area contributed by atoms with E-state index in [4.69, 9.17) is 5.11 Å². The van der Waals surface area contributed by atoms with E-state index in [0.29, 0.717) is 6.61 Å². The Labute approximate surface area is 79.0 Å². The van der Waals surface area contributed by atoms with E-state index < -0.39 is 10.8 Å². The summed E-state index contributed by atoms with van der Waals surface area (Å²) in [6, 6.07) is 0. The van der Waals surface area contributed by atoms with Crippen LogP contribution in [0.5, 0.6) is 0 Å². The average molecular weight is 239 g/mol. The summed E-state index contributed by atoms with van der Waals surface area (Å²) in [5.74, 6) is -1.32. The van der Waals surface area contributed by atoms with Gasteiger partial charge in [0.2, 0.25) is 0 Å².